The Morgan fingerprint density at radius 2 is 2.44 bits per heavy atom. The van der Waals surface area contributed by atoms with Crippen LogP contribution in [0.3, 0.4) is 0 Å². The number of β-amino-alcohol motifs (C(OH)–C–C–N with tert-alkyl or cyclic N) is 1. The molecule has 1 aromatic heterocycles. The molecule has 1 fully saturated rings. The lowest BCUT2D eigenvalue weighted by atomic mass is 10.1. The van der Waals surface area contributed by atoms with Crippen LogP contribution < -0.4 is 10.9 Å². The van der Waals surface area contributed by atoms with Crippen molar-refractivity contribution in [2.45, 2.75) is 18.9 Å². The summed E-state index contributed by atoms with van der Waals surface area (Å²) in [5.74, 6) is 0.302. The molecule has 0 spiro atoms. The van der Waals surface area contributed by atoms with Gasteiger partial charge in [0.2, 0.25) is 5.82 Å². The highest BCUT2D eigenvalue weighted by Gasteiger charge is 2.20. The third-order valence-electron chi connectivity index (χ3n) is 3.17. The van der Waals surface area contributed by atoms with Gasteiger partial charge in [-0.15, -0.1) is 10.2 Å². The number of nitrogens with one attached hydrogen (secondary N) is 1. The largest absolute Gasteiger partial charge is 0.395 e. The van der Waals surface area contributed by atoms with Gasteiger partial charge < -0.3 is 10.4 Å². The first-order valence-electron chi connectivity index (χ1n) is 6.19. The number of hydrogen-bond donors (Lipinski definition) is 2. The number of anilines is 1. The van der Waals surface area contributed by atoms with Gasteiger partial charge >= 0.3 is 0 Å². The molecule has 7 nitrogen and oxygen atoms in total. The molecule has 0 amide bonds. The smallest absolute Gasteiger partial charge is 0.296 e. The van der Waals surface area contributed by atoms with Crippen molar-refractivity contribution < 1.29 is 5.11 Å². The SMILES string of the molecule is Cn1cnnc(N[C@@H]2CCCN(CCO)C2)c1=O. The van der Waals surface area contributed by atoms with Crippen molar-refractivity contribution in [2.24, 2.45) is 7.05 Å². The van der Waals surface area contributed by atoms with Crippen LogP contribution in [0, 0.1) is 0 Å². The van der Waals surface area contributed by atoms with Crippen molar-refractivity contribution in [3.05, 3.63) is 16.7 Å². The van der Waals surface area contributed by atoms with Gasteiger partial charge in [0, 0.05) is 26.2 Å². The van der Waals surface area contributed by atoms with Crippen LogP contribution in [0.2, 0.25) is 0 Å². The average Bonchev–Trinajstić information content (AvgIpc) is 2.36. The molecule has 100 valence electrons. The Hall–Kier alpha value is -1.47. The third-order valence-corrected chi connectivity index (χ3v) is 3.17. The summed E-state index contributed by atoms with van der Waals surface area (Å²) >= 11 is 0. The Morgan fingerprint density at radius 3 is 3.22 bits per heavy atom. The third kappa shape index (κ3) is 3.05. The number of aromatic nitrogens is 3. The molecule has 0 saturated carbocycles. The zero-order valence-corrected chi connectivity index (χ0v) is 10.5. The highest BCUT2D eigenvalue weighted by molar-refractivity contribution is 5.31. The minimum absolute atomic E-state index is 0.163. The number of piperidine rings is 1. The molecule has 2 heterocycles. The number of rotatable bonds is 4. The predicted octanol–water partition coefficient (Wildman–Crippen LogP) is -0.956. The highest BCUT2D eigenvalue weighted by Crippen LogP contribution is 2.12. The average molecular weight is 253 g/mol. The normalized spacial score (nSPS) is 20.9. The van der Waals surface area contributed by atoms with Crippen LogP contribution in [-0.4, -0.2) is 57.1 Å². The van der Waals surface area contributed by atoms with Crippen LogP contribution >= 0.6 is 0 Å². The Kier molecular flexibility index (Phi) is 4.27. The molecule has 18 heavy (non-hydrogen) atoms. The molecule has 2 N–H and O–H groups in total. The van der Waals surface area contributed by atoms with Gasteiger partial charge in [-0.1, -0.05) is 0 Å². The van der Waals surface area contributed by atoms with E-state index in [1.54, 1.807) is 7.05 Å². The molecule has 1 saturated heterocycles. The monoisotopic (exact) mass is 253 g/mol. The summed E-state index contributed by atoms with van der Waals surface area (Å²) in [5, 5.41) is 19.7. The Labute approximate surface area is 105 Å². The van der Waals surface area contributed by atoms with Gasteiger partial charge in [-0.05, 0) is 19.4 Å². The molecule has 1 atom stereocenters. The fraction of sp³-hybridized carbons (Fsp3) is 0.727. The molecule has 2 rings (SSSR count). The zero-order valence-electron chi connectivity index (χ0n) is 10.5. The number of likely N-dealkylation sites (tertiary alicyclic amines) is 1. The van der Waals surface area contributed by atoms with E-state index in [0.29, 0.717) is 12.4 Å². The van der Waals surface area contributed by atoms with Crippen LogP contribution in [0.1, 0.15) is 12.8 Å². The molecule has 1 aromatic rings. The molecule has 7 heteroatoms. The fourth-order valence-corrected chi connectivity index (χ4v) is 2.23. The minimum Gasteiger partial charge on any atom is -0.395 e. The summed E-state index contributed by atoms with van der Waals surface area (Å²) in [6.07, 6.45) is 3.45. The quantitative estimate of drug-likeness (QED) is 0.719. The first-order chi connectivity index (χ1) is 8.70. The molecule has 0 unspecified atom stereocenters. The summed E-state index contributed by atoms with van der Waals surface area (Å²) in [5.41, 5.74) is -0.163. The maximum absolute atomic E-state index is 11.8. The van der Waals surface area contributed by atoms with Crippen LogP contribution in [0.5, 0.6) is 0 Å². The van der Waals surface area contributed by atoms with Gasteiger partial charge in [0.15, 0.2) is 0 Å². The Morgan fingerprint density at radius 1 is 1.61 bits per heavy atom. The summed E-state index contributed by atoms with van der Waals surface area (Å²) in [7, 11) is 1.65. The maximum Gasteiger partial charge on any atom is 0.296 e. The Bertz CT molecular complexity index is 445. The first kappa shape index (κ1) is 13.0. The second-order valence-electron chi connectivity index (χ2n) is 4.60. The van der Waals surface area contributed by atoms with Crippen molar-refractivity contribution in [1.82, 2.24) is 19.7 Å². The highest BCUT2D eigenvalue weighted by atomic mass is 16.3. The molecule has 0 aromatic carbocycles. The topological polar surface area (TPSA) is 83.3 Å². The molecule has 1 aliphatic rings. The van der Waals surface area contributed by atoms with Crippen molar-refractivity contribution in [1.29, 1.82) is 0 Å². The van der Waals surface area contributed by atoms with Gasteiger partial charge in [0.05, 0.1) is 6.61 Å². The first-order valence-corrected chi connectivity index (χ1v) is 6.19. The number of nitrogens with zero attached hydrogens (tertiary/aromatic N) is 4. The van der Waals surface area contributed by atoms with Gasteiger partial charge in [-0.2, -0.15) is 0 Å². The maximum atomic E-state index is 11.8. The standard InChI is InChI=1S/C11H19N5O2/c1-15-8-12-14-10(11(15)18)13-9-3-2-4-16(7-9)5-6-17/h8-9,17H,2-7H2,1H3,(H,13,14)/t9-/m1/s1. The van der Waals surface area contributed by atoms with Crippen LogP contribution in [0.25, 0.3) is 0 Å². The molecule has 0 bridgehead atoms. The van der Waals surface area contributed by atoms with Gasteiger partial charge in [-0.25, -0.2) is 0 Å². The van der Waals surface area contributed by atoms with E-state index in [9.17, 15) is 4.79 Å². The van der Waals surface area contributed by atoms with E-state index in [1.807, 2.05) is 0 Å². The van der Waals surface area contributed by atoms with Crippen LogP contribution in [0.15, 0.2) is 11.1 Å². The van der Waals surface area contributed by atoms with E-state index >= 15 is 0 Å². The number of aliphatic hydroxyl groups excluding tert-OH is 1. The van der Waals surface area contributed by atoms with Crippen molar-refractivity contribution in [3.63, 3.8) is 0 Å². The van der Waals surface area contributed by atoms with E-state index in [1.165, 1.54) is 10.9 Å². The fourth-order valence-electron chi connectivity index (χ4n) is 2.23. The molecule has 1 aliphatic heterocycles. The second kappa shape index (κ2) is 5.92. The number of hydrogen-bond acceptors (Lipinski definition) is 6. The summed E-state index contributed by atoms with van der Waals surface area (Å²) < 4.78 is 1.41. The lowest BCUT2D eigenvalue weighted by Crippen LogP contribution is -2.44. The van der Waals surface area contributed by atoms with Crippen molar-refractivity contribution >= 4 is 5.82 Å². The van der Waals surface area contributed by atoms with E-state index in [4.69, 9.17) is 5.11 Å². The zero-order chi connectivity index (χ0) is 13.0. The van der Waals surface area contributed by atoms with Crippen molar-refractivity contribution in [3.8, 4) is 0 Å². The van der Waals surface area contributed by atoms with Crippen molar-refractivity contribution in [2.75, 3.05) is 31.6 Å². The second-order valence-corrected chi connectivity index (χ2v) is 4.60. The molecule has 0 radical (unpaired) electrons. The molecular formula is C11H19N5O2. The van der Waals surface area contributed by atoms with Gasteiger partial charge in [-0.3, -0.25) is 14.3 Å². The van der Waals surface area contributed by atoms with Gasteiger partial charge in [0.25, 0.3) is 5.56 Å². The summed E-state index contributed by atoms with van der Waals surface area (Å²) in [4.78, 5) is 14.0. The van der Waals surface area contributed by atoms with E-state index in [-0.39, 0.29) is 18.2 Å². The number of aliphatic hydroxyl groups is 1. The summed E-state index contributed by atoms with van der Waals surface area (Å²) in [6, 6.07) is 0.190. The minimum atomic E-state index is -0.163. The van der Waals surface area contributed by atoms with Crippen LogP contribution in [0.4, 0.5) is 5.82 Å². The number of aryl methyl sites for hydroxylation is 1. The Balaban J connectivity index is 2.00. The lowest BCUT2D eigenvalue weighted by molar-refractivity contribution is 0.166. The van der Waals surface area contributed by atoms with E-state index < -0.39 is 0 Å². The molecule has 0 aliphatic carbocycles. The van der Waals surface area contributed by atoms with Crippen LogP contribution in [-0.2, 0) is 7.05 Å². The van der Waals surface area contributed by atoms with E-state index in [2.05, 4.69) is 20.4 Å². The predicted molar refractivity (Wildman–Crippen MR) is 67.4 cm³/mol. The molecular weight excluding hydrogens is 234 g/mol. The van der Waals surface area contributed by atoms with Gasteiger partial charge in [0.1, 0.15) is 6.33 Å². The lowest BCUT2D eigenvalue weighted by Gasteiger charge is -2.32. The van der Waals surface area contributed by atoms with E-state index in [0.717, 1.165) is 25.9 Å². The summed E-state index contributed by atoms with van der Waals surface area (Å²) in [6.45, 7) is 2.66.